The Balaban J connectivity index is 2.45. The summed E-state index contributed by atoms with van der Waals surface area (Å²) in [6.45, 7) is 5.47. The third-order valence-electron chi connectivity index (χ3n) is 3.50. The van der Waals surface area contributed by atoms with Gasteiger partial charge in [-0.1, -0.05) is 20.8 Å². The van der Waals surface area contributed by atoms with E-state index in [9.17, 15) is 14.4 Å². The maximum absolute atomic E-state index is 11.7. The van der Waals surface area contributed by atoms with E-state index in [2.05, 4.69) is 0 Å². The Bertz CT molecular complexity index is 319. The predicted octanol–water partition coefficient (Wildman–Crippen LogP) is 1.13. The maximum atomic E-state index is 11.7. The largest absolute Gasteiger partial charge is 0.481 e. The lowest BCUT2D eigenvalue weighted by Gasteiger charge is -2.15. The molecule has 0 spiro atoms. The van der Waals surface area contributed by atoms with Crippen LogP contribution in [-0.4, -0.2) is 34.3 Å². The Hall–Kier alpha value is -1.39. The number of amides is 2. The number of nitrogens with zero attached hydrogens (tertiary/aromatic N) is 1. The first-order valence-electron chi connectivity index (χ1n) is 5.94. The SMILES string of the molecule is CC(CCCN1C(=O)C(C)C(C)C1=O)C(=O)O. The van der Waals surface area contributed by atoms with E-state index in [4.69, 9.17) is 5.11 Å². The number of carboxylic acid groups (broad SMARTS) is 1. The third-order valence-corrected chi connectivity index (χ3v) is 3.50. The van der Waals surface area contributed by atoms with Crippen LogP contribution in [0.4, 0.5) is 0 Å². The lowest BCUT2D eigenvalue weighted by molar-refractivity contribution is -0.141. The van der Waals surface area contributed by atoms with Gasteiger partial charge in [-0.2, -0.15) is 0 Å². The van der Waals surface area contributed by atoms with E-state index in [1.165, 1.54) is 4.90 Å². The van der Waals surface area contributed by atoms with E-state index < -0.39 is 11.9 Å². The summed E-state index contributed by atoms with van der Waals surface area (Å²) in [5, 5.41) is 8.71. The van der Waals surface area contributed by atoms with Gasteiger partial charge in [0.1, 0.15) is 0 Å². The van der Waals surface area contributed by atoms with Crippen molar-refractivity contribution in [3.05, 3.63) is 0 Å². The Morgan fingerprint density at radius 3 is 2.18 bits per heavy atom. The van der Waals surface area contributed by atoms with E-state index in [1.54, 1.807) is 20.8 Å². The van der Waals surface area contributed by atoms with Crippen LogP contribution in [-0.2, 0) is 14.4 Å². The van der Waals surface area contributed by atoms with Crippen LogP contribution in [0.3, 0.4) is 0 Å². The summed E-state index contributed by atoms with van der Waals surface area (Å²) in [7, 11) is 0. The summed E-state index contributed by atoms with van der Waals surface area (Å²) in [5.41, 5.74) is 0. The molecule has 5 nitrogen and oxygen atoms in total. The minimum Gasteiger partial charge on any atom is -0.481 e. The average molecular weight is 241 g/mol. The molecule has 17 heavy (non-hydrogen) atoms. The number of aliphatic carboxylic acids is 1. The molecule has 0 aliphatic carbocycles. The van der Waals surface area contributed by atoms with Gasteiger partial charge in [0.05, 0.1) is 5.92 Å². The highest BCUT2D eigenvalue weighted by molar-refractivity contribution is 6.04. The van der Waals surface area contributed by atoms with Crippen LogP contribution >= 0.6 is 0 Å². The van der Waals surface area contributed by atoms with Gasteiger partial charge in [0.2, 0.25) is 11.8 Å². The molecule has 0 bridgehead atoms. The molecular weight excluding hydrogens is 222 g/mol. The van der Waals surface area contributed by atoms with Gasteiger partial charge in [0.15, 0.2) is 0 Å². The normalized spacial score (nSPS) is 26.4. The minimum absolute atomic E-state index is 0.134. The molecule has 1 heterocycles. The molecule has 96 valence electrons. The number of carboxylic acids is 1. The van der Waals surface area contributed by atoms with E-state index >= 15 is 0 Å². The van der Waals surface area contributed by atoms with Crippen molar-refractivity contribution < 1.29 is 19.5 Å². The number of hydrogen-bond acceptors (Lipinski definition) is 3. The van der Waals surface area contributed by atoms with Crippen molar-refractivity contribution in [2.45, 2.75) is 33.6 Å². The highest BCUT2D eigenvalue weighted by Gasteiger charge is 2.41. The molecule has 2 amide bonds. The van der Waals surface area contributed by atoms with Crippen LogP contribution in [0.1, 0.15) is 33.6 Å². The first kappa shape index (κ1) is 13.7. The molecule has 1 aliphatic rings. The Labute approximate surface area is 101 Å². The number of carbonyl (C=O) groups is 3. The second-order valence-electron chi connectivity index (χ2n) is 4.79. The van der Waals surface area contributed by atoms with Crippen molar-refractivity contribution in [2.75, 3.05) is 6.54 Å². The van der Waals surface area contributed by atoms with Crippen molar-refractivity contribution >= 4 is 17.8 Å². The Morgan fingerprint density at radius 2 is 1.76 bits per heavy atom. The van der Waals surface area contributed by atoms with Gasteiger partial charge in [-0.15, -0.1) is 0 Å². The smallest absolute Gasteiger partial charge is 0.306 e. The van der Waals surface area contributed by atoms with Gasteiger partial charge in [-0.25, -0.2) is 0 Å². The highest BCUT2D eigenvalue weighted by atomic mass is 16.4. The quantitative estimate of drug-likeness (QED) is 0.732. The summed E-state index contributed by atoms with van der Waals surface area (Å²) in [5.74, 6) is -2.04. The van der Waals surface area contributed by atoms with Crippen LogP contribution in [0.15, 0.2) is 0 Å². The number of rotatable bonds is 5. The van der Waals surface area contributed by atoms with Gasteiger partial charge < -0.3 is 5.11 Å². The summed E-state index contributed by atoms with van der Waals surface area (Å²) >= 11 is 0. The van der Waals surface area contributed by atoms with Crippen LogP contribution in [0, 0.1) is 17.8 Å². The van der Waals surface area contributed by atoms with Gasteiger partial charge >= 0.3 is 5.97 Å². The van der Waals surface area contributed by atoms with Gasteiger partial charge in [-0.05, 0) is 12.8 Å². The molecule has 0 aromatic carbocycles. The van der Waals surface area contributed by atoms with Gasteiger partial charge in [-0.3, -0.25) is 19.3 Å². The van der Waals surface area contributed by atoms with E-state index in [-0.39, 0.29) is 23.7 Å². The fraction of sp³-hybridized carbons (Fsp3) is 0.750. The second kappa shape index (κ2) is 5.29. The molecule has 1 N–H and O–H groups in total. The zero-order valence-electron chi connectivity index (χ0n) is 10.5. The number of carbonyl (C=O) groups excluding carboxylic acids is 2. The van der Waals surface area contributed by atoms with Gasteiger partial charge in [0.25, 0.3) is 0 Å². The molecule has 1 rings (SSSR count). The second-order valence-corrected chi connectivity index (χ2v) is 4.79. The fourth-order valence-electron chi connectivity index (χ4n) is 1.93. The summed E-state index contributed by atoms with van der Waals surface area (Å²) in [4.78, 5) is 35.3. The zero-order valence-corrected chi connectivity index (χ0v) is 10.5. The molecular formula is C12H19NO4. The third kappa shape index (κ3) is 2.84. The van der Waals surface area contributed by atoms with Crippen LogP contribution in [0.5, 0.6) is 0 Å². The molecule has 0 radical (unpaired) electrons. The number of hydrogen-bond donors (Lipinski definition) is 1. The molecule has 0 aromatic rings. The Kier molecular flexibility index (Phi) is 4.26. The standard InChI is InChI=1S/C12H19NO4/c1-7(12(16)17)5-4-6-13-10(14)8(2)9(3)11(13)15/h7-9H,4-6H2,1-3H3,(H,16,17). The van der Waals surface area contributed by atoms with Crippen LogP contribution in [0.2, 0.25) is 0 Å². The van der Waals surface area contributed by atoms with Crippen molar-refractivity contribution in [1.29, 1.82) is 0 Å². The lowest BCUT2D eigenvalue weighted by atomic mass is 10.00. The molecule has 0 saturated carbocycles. The zero-order chi connectivity index (χ0) is 13.2. The molecule has 3 atom stereocenters. The van der Waals surface area contributed by atoms with E-state index in [1.807, 2.05) is 0 Å². The minimum atomic E-state index is -0.842. The van der Waals surface area contributed by atoms with Crippen LogP contribution in [0.25, 0.3) is 0 Å². The van der Waals surface area contributed by atoms with E-state index in [0.29, 0.717) is 19.4 Å². The summed E-state index contributed by atoms with van der Waals surface area (Å²) in [6.07, 6.45) is 1.03. The molecule has 0 aromatic heterocycles. The van der Waals surface area contributed by atoms with Crippen LogP contribution < -0.4 is 0 Å². The first-order chi connectivity index (χ1) is 7.86. The van der Waals surface area contributed by atoms with Crippen molar-refractivity contribution in [1.82, 2.24) is 4.90 Å². The van der Waals surface area contributed by atoms with Gasteiger partial charge in [0, 0.05) is 18.4 Å². The number of imide groups is 1. The molecule has 1 aliphatic heterocycles. The topological polar surface area (TPSA) is 74.7 Å². The first-order valence-corrected chi connectivity index (χ1v) is 5.94. The molecule has 1 saturated heterocycles. The van der Waals surface area contributed by atoms with Crippen molar-refractivity contribution in [3.63, 3.8) is 0 Å². The predicted molar refractivity (Wildman–Crippen MR) is 61.1 cm³/mol. The monoisotopic (exact) mass is 241 g/mol. The van der Waals surface area contributed by atoms with Crippen molar-refractivity contribution in [2.24, 2.45) is 17.8 Å². The summed E-state index contributed by atoms with van der Waals surface area (Å²) in [6, 6.07) is 0. The number of likely N-dealkylation sites (tertiary alicyclic amines) is 1. The lowest BCUT2D eigenvalue weighted by Crippen LogP contribution is -2.32. The fourth-order valence-corrected chi connectivity index (χ4v) is 1.93. The molecule has 3 unspecified atom stereocenters. The molecule has 5 heteroatoms. The summed E-state index contributed by atoms with van der Waals surface area (Å²) < 4.78 is 0. The Morgan fingerprint density at radius 1 is 1.29 bits per heavy atom. The molecule has 1 fully saturated rings. The average Bonchev–Trinajstić information content (AvgIpc) is 2.46. The van der Waals surface area contributed by atoms with Crippen molar-refractivity contribution in [3.8, 4) is 0 Å². The highest BCUT2D eigenvalue weighted by Crippen LogP contribution is 2.25. The maximum Gasteiger partial charge on any atom is 0.306 e. The van der Waals surface area contributed by atoms with E-state index in [0.717, 1.165) is 0 Å².